The lowest BCUT2D eigenvalue weighted by molar-refractivity contribution is 0.0466. The van der Waals surface area contributed by atoms with Gasteiger partial charge in [0.15, 0.2) is 4.96 Å². The number of para-hydroxylation sites is 1. The second-order valence-electron chi connectivity index (χ2n) is 7.25. The molecule has 1 atom stereocenters. The molecule has 0 radical (unpaired) electrons. The molecule has 1 aromatic carbocycles. The lowest BCUT2D eigenvalue weighted by Gasteiger charge is -2.18. The minimum absolute atomic E-state index is 0.000157. The Morgan fingerprint density at radius 1 is 1.36 bits per heavy atom. The first kappa shape index (κ1) is 17.6. The monoisotopic (exact) mass is 410 g/mol. The second kappa shape index (κ2) is 6.83. The fourth-order valence-corrected chi connectivity index (χ4v) is 6.05. The molecular weight excluding hydrogens is 392 g/mol. The third-order valence-electron chi connectivity index (χ3n) is 5.22. The van der Waals surface area contributed by atoms with Gasteiger partial charge in [-0.25, -0.2) is 9.78 Å². The van der Waals surface area contributed by atoms with Crippen LogP contribution in [0.25, 0.3) is 15.2 Å². The highest BCUT2D eigenvalue weighted by Crippen LogP contribution is 2.33. The zero-order valence-corrected chi connectivity index (χ0v) is 16.9. The van der Waals surface area contributed by atoms with E-state index in [1.807, 2.05) is 29.6 Å². The molecule has 0 bridgehead atoms. The predicted octanol–water partition coefficient (Wildman–Crippen LogP) is 4.45. The zero-order chi connectivity index (χ0) is 19.3. The van der Waals surface area contributed by atoms with Gasteiger partial charge in [0.25, 0.3) is 5.56 Å². The largest absolute Gasteiger partial charge is 0.456 e. The SMILES string of the molecule is CC1CCc2c(C(=O)OCc3cc(=O)n4c(n3)sc3ccccc34)csc2C1. The van der Waals surface area contributed by atoms with Crippen LogP contribution in [0.15, 0.2) is 40.5 Å². The van der Waals surface area contributed by atoms with E-state index in [1.54, 1.807) is 15.7 Å². The first-order valence-corrected chi connectivity index (χ1v) is 11.0. The van der Waals surface area contributed by atoms with Gasteiger partial charge < -0.3 is 4.74 Å². The van der Waals surface area contributed by atoms with Crippen molar-refractivity contribution in [1.82, 2.24) is 9.38 Å². The van der Waals surface area contributed by atoms with Gasteiger partial charge in [-0.1, -0.05) is 30.4 Å². The van der Waals surface area contributed by atoms with Gasteiger partial charge in [0.2, 0.25) is 0 Å². The third kappa shape index (κ3) is 2.95. The van der Waals surface area contributed by atoms with Crippen molar-refractivity contribution in [3.05, 3.63) is 67.8 Å². The number of rotatable bonds is 3. The standard InChI is InChI=1S/C21H18N2O3S2/c1-12-6-7-14-15(11-27-18(14)8-12)20(25)26-10-13-9-19(24)23-16-4-2-3-5-17(16)28-21(23)22-13/h2-5,9,11-12H,6-8,10H2,1H3. The van der Waals surface area contributed by atoms with E-state index in [0.29, 0.717) is 22.1 Å². The Morgan fingerprint density at radius 2 is 2.21 bits per heavy atom. The second-order valence-corrected chi connectivity index (χ2v) is 9.22. The number of hydrogen-bond acceptors (Lipinski definition) is 6. The molecule has 0 spiro atoms. The first-order chi connectivity index (χ1) is 13.6. The van der Waals surface area contributed by atoms with Crippen molar-refractivity contribution in [2.75, 3.05) is 0 Å². The Kier molecular flexibility index (Phi) is 4.29. The van der Waals surface area contributed by atoms with Crippen molar-refractivity contribution >= 4 is 43.8 Å². The topological polar surface area (TPSA) is 60.7 Å². The van der Waals surface area contributed by atoms with E-state index in [-0.39, 0.29) is 18.1 Å². The summed E-state index contributed by atoms with van der Waals surface area (Å²) in [6, 6.07) is 9.16. The average Bonchev–Trinajstić information content (AvgIpc) is 3.26. The molecule has 3 aromatic heterocycles. The molecule has 0 amide bonds. The van der Waals surface area contributed by atoms with Crippen LogP contribution in [0.4, 0.5) is 0 Å². The highest BCUT2D eigenvalue weighted by Gasteiger charge is 2.24. The van der Waals surface area contributed by atoms with Crippen LogP contribution in [0.3, 0.4) is 0 Å². The van der Waals surface area contributed by atoms with Crippen LogP contribution < -0.4 is 5.56 Å². The third-order valence-corrected chi connectivity index (χ3v) is 7.29. The van der Waals surface area contributed by atoms with Gasteiger partial charge in [0.1, 0.15) is 6.61 Å². The number of carbonyl (C=O) groups excluding carboxylic acids is 1. The number of carbonyl (C=O) groups is 1. The predicted molar refractivity (Wildman–Crippen MR) is 111 cm³/mol. The molecule has 0 saturated carbocycles. The molecule has 1 aliphatic carbocycles. The Balaban J connectivity index is 1.40. The van der Waals surface area contributed by atoms with Crippen molar-refractivity contribution in [2.45, 2.75) is 32.8 Å². The summed E-state index contributed by atoms with van der Waals surface area (Å²) in [6.45, 7) is 2.24. The molecule has 7 heteroatoms. The lowest BCUT2D eigenvalue weighted by atomic mass is 9.88. The van der Waals surface area contributed by atoms with Crippen LogP contribution in [-0.4, -0.2) is 15.4 Å². The number of thiazole rings is 1. The molecule has 0 fully saturated rings. The van der Waals surface area contributed by atoms with Gasteiger partial charge in [0.05, 0.1) is 21.5 Å². The summed E-state index contributed by atoms with van der Waals surface area (Å²) in [5, 5.41) is 1.91. The molecular formula is C21H18N2O3S2. The normalized spacial score (nSPS) is 16.4. The van der Waals surface area contributed by atoms with Crippen LogP contribution in [0, 0.1) is 5.92 Å². The van der Waals surface area contributed by atoms with Gasteiger partial charge in [0, 0.05) is 16.3 Å². The maximum Gasteiger partial charge on any atom is 0.339 e. The Labute approximate surface area is 169 Å². The average molecular weight is 411 g/mol. The molecule has 142 valence electrons. The summed E-state index contributed by atoms with van der Waals surface area (Å²) in [5.74, 6) is 0.339. The van der Waals surface area contributed by atoms with Crippen LogP contribution in [0.2, 0.25) is 0 Å². The summed E-state index contributed by atoms with van der Waals surface area (Å²) in [7, 11) is 0. The Bertz CT molecular complexity index is 1270. The quantitative estimate of drug-likeness (QED) is 0.468. The molecule has 4 aromatic rings. The van der Waals surface area contributed by atoms with Crippen molar-refractivity contribution in [3.8, 4) is 0 Å². The Hall–Kier alpha value is -2.51. The van der Waals surface area contributed by atoms with E-state index >= 15 is 0 Å². The van der Waals surface area contributed by atoms with Gasteiger partial charge in [-0.2, -0.15) is 0 Å². The number of nitrogens with zero attached hydrogens (tertiary/aromatic N) is 2. The maximum atomic E-state index is 12.6. The van der Waals surface area contributed by atoms with Crippen molar-refractivity contribution < 1.29 is 9.53 Å². The number of hydrogen-bond donors (Lipinski definition) is 0. The van der Waals surface area contributed by atoms with Gasteiger partial charge in [-0.15, -0.1) is 11.3 Å². The Morgan fingerprint density at radius 3 is 3.11 bits per heavy atom. The number of ether oxygens (including phenoxy) is 1. The fourth-order valence-electron chi connectivity index (χ4n) is 3.76. The minimum Gasteiger partial charge on any atom is -0.456 e. The molecule has 1 aliphatic rings. The summed E-state index contributed by atoms with van der Waals surface area (Å²) in [4.78, 5) is 31.6. The summed E-state index contributed by atoms with van der Waals surface area (Å²) >= 11 is 3.10. The summed E-state index contributed by atoms with van der Waals surface area (Å²) in [5.41, 5.74) is 2.98. The zero-order valence-electron chi connectivity index (χ0n) is 15.3. The lowest BCUT2D eigenvalue weighted by Crippen LogP contribution is -2.16. The molecule has 5 rings (SSSR count). The van der Waals surface area contributed by atoms with Gasteiger partial charge >= 0.3 is 5.97 Å². The van der Waals surface area contributed by atoms with E-state index in [9.17, 15) is 9.59 Å². The van der Waals surface area contributed by atoms with Crippen LogP contribution in [-0.2, 0) is 24.2 Å². The minimum atomic E-state index is -0.328. The van der Waals surface area contributed by atoms with Crippen molar-refractivity contribution in [1.29, 1.82) is 0 Å². The smallest absolute Gasteiger partial charge is 0.339 e. The highest BCUT2D eigenvalue weighted by molar-refractivity contribution is 7.23. The fraction of sp³-hybridized carbons (Fsp3) is 0.286. The van der Waals surface area contributed by atoms with Crippen LogP contribution in [0.5, 0.6) is 0 Å². The first-order valence-electron chi connectivity index (χ1n) is 9.27. The molecule has 1 unspecified atom stereocenters. The van der Waals surface area contributed by atoms with E-state index in [1.165, 1.54) is 22.3 Å². The highest BCUT2D eigenvalue weighted by atomic mass is 32.1. The van der Waals surface area contributed by atoms with Crippen LogP contribution >= 0.6 is 22.7 Å². The van der Waals surface area contributed by atoms with Gasteiger partial charge in [-0.05, 0) is 42.9 Å². The number of aromatic nitrogens is 2. The maximum absolute atomic E-state index is 12.6. The van der Waals surface area contributed by atoms with Crippen molar-refractivity contribution in [3.63, 3.8) is 0 Å². The van der Waals surface area contributed by atoms with E-state index < -0.39 is 0 Å². The van der Waals surface area contributed by atoms with E-state index in [0.717, 1.165) is 35.0 Å². The summed E-state index contributed by atoms with van der Waals surface area (Å²) in [6.07, 6.45) is 3.07. The van der Waals surface area contributed by atoms with E-state index in [2.05, 4.69) is 11.9 Å². The molecule has 0 N–H and O–H groups in total. The van der Waals surface area contributed by atoms with E-state index in [4.69, 9.17) is 4.74 Å². The molecule has 0 aliphatic heterocycles. The molecule has 5 nitrogen and oxygen atoms in total. The molecule has 0 saturated heterocycles. The molecule has 28 heavy (non-hydrogen) atoms. The number of benzene rings is 1. The van der Waals surface area contributed by atoms with Crippen LogP contribution in [0.1, 0.15) is 39.8 Å². The van der Waals surface area contributed by atoms with Crippen molar-refractivity contribution in [2.24, 2.45) is 5.92 Å². The number of esters is 1. The number of fused-ring (bicyclic) bond motifs is 4. The summed E-state index contributed by atoms with van der Waals surface area (Å²) < 4.78 is 8.10. The van der Waals surface area contributed by atoms with Gasteiger partial charge in [-0.3, -0.25) is 9.20 Å². The molecule has 3 heterocycles. The number of thiophene rings is 1.